The number of amides is 3. The van der Waals surface area contributed by atoms with Crippen LogP contribution >= 0.6 is 23.8 Å². The van der Waals surface area contributed by atoms with Crippen molar-refractivity contribution in [2.75, 3.05) is 12.4 Å². The monoisotopic (exact) mass is 470 g/mol. The van der Waals surface area contributed by atoms with Crippen molar-refractivity contribution in [1.82, 2.24) is 26.1 Å². The van der Waals surface area contributed by atoms with Gasteiger partial charge in [-0.1, -0.05) is 23.8 Å². The number of nitrogens with one attached hydrogen (secondary N) is 4. The topological polar surface area (TPSA) is 134 Å². The van der Waals surface area contributed by atoms with Crippen molar-refractivity contribution < 1.29 is 19.1 Å². The van der Waals surface area contributed by atoms with Gasteiger partial charge in [0.15, 0.2) is 16.0 Å². The third kappa shape index (κ3) is 7.91. The standard InChI is InChI=1S/C19H27ClN6O4S/c1-19(2,3)30-18(29)23-12-9-10(15(27)21-4)5-6-11(12)22-17(31)16(28)24-14-8-7-13(20)25-26-14/h7-8,10-12H,5-6,9H2,1-4H3,(H,21,27)(H,22,31)(H,23,29)(H,24,26,28)/t10-,11-,12+/m0/s1. The number of hydrogen-bond donors (Lipinski definition) is 4. The van der Waals surface area contributed by atoms with Gasteiger partial charge >= 0.3 is 6.09 Å². The minimum absolute atomic E-state index is 0.0730. The Balaban J connectivity index is 2.04. The molecule has 1 aliphatic carbocycles. The van der Waals surface area contributed by atoms with E-state index in [0.717, 1.165) is 0 Å². The van der Waals surface area contributed by atoms with Crippen LogP contribution < -0.4 is 21.3 Å². The van der Waals surface area contributed by atoms with E-state index in [-0.39, 0.29) is 33.8 Å². The highest BCUT2D eigenvalue weighted by Gasteiger charge is 2.36. The number of hydrogen-bond acceptors (Lipinski definition) is 7. The van der Waals surface area contributed by atoms with Gasteiger partial charge < -0.3 is 26.0 Å². The summed E-state index contributed by atoms with van der Waals surface area (Å²) in [5.41, 5.74) is -0.670. The van der Waals surface area contributed by atoms with E-state index in [1.165, 1.54) is 12.1 Å². The van der Waals surface area contributed by atoms with Crippen molar-refractivity contribution in [2.24, 2.45) is 5.92 Å². The number of halogens is 1. The lowest BCUT2D eigenvalue weighted by molar-refractivity contribution is -0.125. The largest absolute Gasteiger partial charge is 0.444 e. The second-order valence-corrected chi connectivity index (χ2v) is 8.95. The van der Waals surface area contributed by atoms with Crippen LogP contribution in [-0.2, 0) is 14.3 Å². The van der Waals surface area contributed by atoms with Crippen molar-refractivity contribution in [3.8, 4) is 0 Å². The van der Waals surface area contributed by atoms with Gasteiger partial charge in [0, 0.05) is 19.0 Å². The first-order chi connectivity index (χ1) is 14.5. The number of thiocarbonyl (C=S) groups is 1. The van der Waals surface area contributed by atoms with Crippen LogP contribution in [0.15, 0.2) is 12.1 Å². The van der Waals surface area contributed by atoms with Gasteiger partial charge in [0.2, 0.25) is 5.91 Å². The average molecular weight is 471 g/mol. The highest BCUT2D eigenvalue weighted by atomic mass is 35.5. The van der Waals surface area contributed by atoms with Crippen LogP contribution in [0.25, 0.3) is 0 Å². The van der Waals surface area contributed by atoms with Crippen molar-refractivity contribution in [3.05, 3.63) is 17.3 Å². The van der Waals surface area contributed by atoms with Gasteiger partial charge in [-0.2, -0.15) is 0 Å². The van der Waals surface area contributed by atoms with Gasteiger partial charge in [0.1, 0.15) is 5.60 Å². The Morgan fingerprint density at radius 1 is 1.13 bits per heavy atom. The Morgan fingerprint density at radius 3 is 2.42 bits per heavy atom. The summed E-state index contributed by atoms with van der Waals surface area (Å²) in [5.74, 6) is -0.743. The molecule has 0 bridgehead atoms. The second-order valence-electron chi connectivity index (χ2n) is 8.15. The number of aromatic nitrogens is 2. The molecular weight excluding hydrogens is 444 g/mol. The van der Waals surface area contributed by atoms with E-state index in [9.17, 15) is 14.4 Å². The lowest BCUT2D eigenvalue weighted by Crippen LogP contribution is -2.57. The quantitative estimate of drug-likeness (QED) is 0.489. The molecule has 170 valence electrons. The lowest BCUT2D eigenvalue weighted by Gasteiger charge is -2.37. The van der Waals surface area contributed by atoms with Gasteiger partial charge in [-0.05, 0) is 52.2 Å². The molecule has 3 amide bonds. The summed E-state index contributed by atoms with van der Waals surface area (Å²) >= 11 is 10.9. The molecule has 3 atom stereocenters. The first-order valence-corrected chi connectivity index (χ1v) is 10.6. The van der Waals surface area contributed by atoms with Crippen LogP contribution in [0.5, 0.6) is 0 Å². The van der Waals surface area contributed by atoms with Crippen molar-refractivity contribution in [3.63, 3.8) is 0 Å². The van der Waals surface area contributed by atoms with Gasteiger partial charge in [0.05, 0.1) is 6.04 Å². The molecule has 0 radical (unpaired) electrons. The van der Waals surface area contributed by atoms with Gasteiger partial charge in [-0.3, -0.25) is 9.59 Å². The molecule has 1 aromatic heterocycles. The summed E-state index contributed by atoms with van der Waals surface area (Å²) in [5, 5.41) is 18.6. The maximum absolute atomic E-state index is 12.4. The summed E-state index contributed by atoms with van der Waals surface area (Å²) in [6, 6.07) is 2.16. The molecule has 0 saturated heterocycles. The molecule has 12 heteroatoms. The van der Waals surface area contributed by atoms with E-state index < -0.39 is 23.6 Å². The van der Waals surface area contributed by atoms with Crippen LogP contribution in [0.4, 0.5) is 10.6 Å². The maximum atomic E-state index is 12.4. The molecular formula is C19H27ClN6O4S. The molecule has 1 saturated carbocycles. The van der Waals surface area contributed by atoms with E-state index in [1.54, 1.807) is 27.8 Å². The minimum Gasteiger partial charge on any atom is -0.444 e. The van der Waals surface area contributed by atoms with E-state index in [2.05, 4.69) is 31.5 Å². The zero-order valence-corrected chi connectivity index (χ0v) is 19.4. The number of nitrogens with zero attached hydrogens (tertiary/aromatic N) is 2. The van der Waals surface area contributed by atoms with Crippen LogP contribution in [0.1, 0.15) is 40.0 Å². The van der Waals surface area contributed by atoms with E-state index in [0.29, 0.717) is 19.3 Å². The normalized spacial score (nSPS) is 20.9. The molecule has 31 heavy (non-hydrogen) atoms. The molecule has 0 aromatic carbocycles. The van der Waals surface area contributed by atoms with Crippen molar-refractivity contribution in [1.29, 1.82) is 0 Å². The highest BCUT2D eigenvalue weighted by molar-refractivity contribution is 7.82. The Hall–Kier alpha value is -2.53. The predicted octanol–water partition coefficient (Wildman–Crippen LogP) is 1.79. The summed E-state index contributed by atoms with van der Waals surface area (Å²) in [7, 11) is 1.57. The molecule has 1 heterocycles. The fourth-order valence-corrected chi connectivity index (χ4v) is 3.50. The number of anilines is 1. The van der Waals surface area contributed by atoms with Gasteiger partial charge in [-0.15, -0.1) is 10.2 Å². The first kappa shape index (κ1) is 24.7. The Bertz CT molecular complexity index is 830. The molecule has 0 unspecified atom stereocenters. The van der Waals surface area contributed by atoms with Gasteiger partial charge in [0.25, 0.3) is 5.91 Å². The van der Waals surface area contributed by atoms with E-state index in [1.807, 2.05) is 0 Å². The van der Waals surface area contributed by atoms with Crippen LogP contribution in [0.2, 0.25) is 5.15 Å². The van der Waals surface area contributed by atoms with Crippen LogP contribution in [0, 0.1) is 5.92 Å². The summed E-state index contributed by atoms with van der Waals surface area (Å²) in [4.78, 5) is 36.8. The summed E-state index contributed by atoms with van der Waals surface area (Å²) in [6.07, 6.45) is 0.876. The number of carbonyl (C=O) groups is 3. The Labute approximate surface area is 191 Å². The van der Waals surface area contributed by atoms with Crippen LogP contribution in [-0.4, -0.2) is 57.8 Å². The first-order valence-electron chi connectivity index (χ1n) is 9.80. The Morgan fingerprint density at radius 2 is 1.84 bits per heavy atom. The number of rotatable bonds is 4. The molecule has 2 rings (SSSR count). The van der Waals surface area contributed by atoms with E-state index in [4.69, 9.17) is 28.6 Å². The Kier molecular flexibility index (Phi) is 8.52. The van der Waals surface area contributed by atoms with E-state index >= 15 is 0 Å². The summed E-state index contributed by atoms with van der Waals surface area (Å²) < 4.78 is 5.34. The number of ether oxygens (including phenoxy) is 1. The predicted molar refractivity (Wildman–Crippen MR) is 120 cm³/mol. The third-order valence-electron chi connectivity index (χ3n) is 4.57. The molecule has 1 aliphatic rings. The fraction of sp³-hybridized carbons (Fsp3) is 0.579. The SMILES string of the molecule is CNC(=O)[C@H]1CC[C@H](NC(=S)C(=O)Nc2ccc(Cl)nn2)[C@H](NC(=O)OC(C)(C)C)C1. The number of alkyl carbamates (subject to hydrolysis) is 1. The molecule has 1 aromatic rings. The van der Waals surface area contributed by atoms with Crippen LogP contribution in [0.3, 0.4) is 0 Å². The molecule has 0 aliphatic heterocycles. The van der Waals surface area contributed by atoms with Crippen molar-refractivity contribution in [2.45, 2.75) is 57.7 Å². The lowest BCUT2D eigenvalue weighted by atomic mass is 9.81. The third-order valence-corrected chi connectivity index (χ3v) is 5.07. The minimum atomic E-state index is -0.670. The average Bonchev–Trinajstić information content (AvgIpc) is 2.68. The highest BCUT2D eigenvalue weighted by Crippen LogP contribution is 2.26. The zero-order valence-electron chi connectivity index (χ0n) is 17.8. The smallest absolute Gasteiger partial charge is 0.407 e. The fourth-order valence-electron chi connectivity index (χ4n) is 3.19. The molecule has 4 N–H and O–H groups in total. The molecule has 0 spiro atoms. The zero-order chi connectivity index (χ0) is 23.2. The maximum Gasteiger partial charge on any atom is 0.407 e. The van der Waals surface area contributed by atoms with Crippen molar-refractivity contribution >= 4 is 52.5 Å². The summed E-state index contributed by atoms with van der Waals surface area (Å²) in [6.45, 7) is 5.28. The van der Waals surface area contributed by atoms with Gasteiger partial charge in [-0.25, -0.2) is 4.79 Å². The number of carbonyl (C=O) groups excluding carboxylic acids is 3. The second kappa shape index (κ2) is 10.7. The molecule has 10 nitrogen and oxygen atoms in total. The molecule has 1 fully saturated rings.